The van der Waals surface area contributed by atoms with E-state index in [1.165, 1.54) is 12.1 Å². The molecule has 1 nitrogen and oxygen atoms in total. The van der Waals surface area contributed by atoms with Crippen LogP contribution < -0.4 is 4.74 Å². The number of rotatable bonds is 4. The number of hydrogen-bond donors (Lipinski definition) is 0. The van der Waals surface area contributed by atoms with Gasteiger partial charge in [0.05, 0.1) is 0 Å². The molecule has 0 spiro atoms. The fraction of sp³-hybridized carbons (Fsp3) is 0.143. The minimum absolute atomic E-state index is 0.100. The van der Waals surface area contributed by atoms with Crippen molar-refractivity contribution in [2.45, 2.75) is 11.9 Å². The van der Waals surface area contributed by atoms with Gasteiger partial charge >= 0.3 is 0 Å². The van der Waals surface area contributed by atoms with Crippen molar-refractivity contribution >= 4 is 31.9 Å². The summed E-state index contributed by atoms with van der Waals surface area (Å²) >= 11 is 6.51. The summed E-state index contributed by atoms with van der Waals surface area (Å²) in [6.07, 6.45) is 0. The maximum atomic E-state index is 13.7. The smallest absolute Gasteiger partial charge is 0.191 e. The molecule has 0 fully saturated rings. The summed E-state index contributed by atoms with van der Waals surface area (Å²) in [6, 6.07) is 9.89. The first-order chi connectivity index (χ1) is 9.11. The van der Waals surface area contributed by atoms with Crippen molar-refractivity contribution in [3.05, 3.63) is 63.6 Å². The van der Waals surface area contributed by atoms with E-state index in [0.29, 0.717) is 10.9 Å². The lowest BCUT2D eigenvalue weighted by Gasteiger charge is -2.10. The number of hydrogen-bond acceptors (Lipinski definition) is 1. The molecule has 0 N–H and O–H groups in total. The van der Waals surface area contributed by atoms with E-state index in [9.17, 15) is 8.78 Å². The van der Waals surface area contributed by atoms with E-state index in [1.54, 1.807) is 0 Å². The van der Waals surface area contributed by atoms with Gasteiger partial charge in [0.1, 0.15) is 6.61 Å². The Balaban J connectivity index is 2.18. The molecule has 19 heavy (non-hydrogen) atoms. The third kappa shape index (κ3) is 3.54. The molecular weight excluding hydrogens is 382 g/mol. The molecule has 0 unspecified atom stereocenters. The van der Waals surface area contributed by atoms with E-state index in [1.807, 2.05) is 24.3 Å². The molecule has 0 aromatic heterocycles. The zero-order chi connectivity index (χ0) is 13.8. The lowest BCUT2D eigenvalue weighted by Crippen LogP contribution is -2.01. The molecular formula is C14H10Br2F2O. The minimum atomic E-state index is -0.693. The summed E-state index contributed by atoms with van der Waals surface area (Å²) in [5.41, 5.74) is 1.36. The van der Waals surface area contributed by atoms with Crippen LogP contribution in [-0.4, -0.2) is 0 Å². The predicted octanol–water partition coefficient (Wildman–Crippen LogP) is 5.20. The van der Waals surface area contributed by atoms with E-state index >= 15 is 0 Å². The summed E-state index contributed by atoms with van der Waals surface area (Å²) in [5.74, 6) is -1.73. The van der Waals surface area contributed by atoms with Gasteiger partial charge in [-0.1, -0.05) is 50.1 Å². The first-order valence-corrected chi connectivity index (χ1v) is 7.43. The molecule has 0 heterocycles. The van der Waals surface area contributed by atoms with Crippen LogP contribution in [0.25, 0.3) is 0 Å². The summed E-state index contributed by atoms with van der Waals surface area (Å²) in [6.45, 7) is 0.100. The highest BCUT2D eigenvalue weighted by Gasteiger charge is 2.13. The first-order valence-electron chi connectivity index (χ1n) is 5.52. The van der Waals surface area contributed by atoms with E-state index in [2.05, 4.69) is 31.9 Å². The second kappa shape index (κ2) is 6.48. The van der Waals surface area contributed by atoms with Gasteiger partial charge in [0.15, 0.2) is 17.4 Å². The zero-order valence-electron chi connectivity index (χ0n) is 9.80. The van der Waals surface area contributed by atoms with E-state index in [-0.39, 0.29) is 12.4 Å². The Morgan fingerprint density at radius 1 is 1.05 bits per heavy atom. The van der Waals surface area contributed by atoms with Crippen LogP contribution >= 0.6 is 31.9 Å². The third-order valence-electron chi connectivity index (χ3n) is 2.54. The Bertz CT molecular complexity index is 564. The Labute approximate surface area is 126 Å². The largest absolute Gasteiger partial charge is 0.483 e. The van der Waals surface area contributed by atoms with Crippen molar-refractivity contribution in [1.82, 2.24) is 0 Å². The second-order valence-electron chi connectivity index (χ2n) is 3.90. The molecule has 0 radical (unpaired) electrons. The van der Waals surface area contributed by atoms with Crippen molar-refractivity contribution in [1.29, 1.82) is 0 Å². The molecule has 0 saturated carbocycles. The van der Waals surface area contributed by atoms with Crippen LogP contribution in [0.1, 0.15) is 11.1 Å². The van der Waals surface area contributed by atoms with Crippen LogP contribution in [0.2, 0.25) is 0 Å². The van der Waals surface area contributed by atoms with Crippen molar-refractivity contribution < 1.29 is 13.5 Å². The van der Waals surface area contributed by atoms with Crippen LogP contribution in [0.5, 0.6) is 5.75 Å². The molecule has 0 aliphatic carbocycles. The van der Waals surface area contributed by atoms with Crippen LogP contribution in [0, 0.1) is 11.6 Å². The fourth-order valence-corrected chi connectivity index (χ4v) is 2.32. The van der Waals surface area contributed by atoms with Gasteiger partial charge in [-0.15, -0.1) is 0 Å². The SMILES string of the molecule is Fc1cc(CBr)cc(F)c1OCc1ccccc1Br. The van der Waals surface area contributed by atoms with Crippen molar-refractivity contribution in [2.75, 3.05) is 0 Å². The molecule has 2 aromatic rings. The third-order valence-corrected chi connectivity index (χ3v) is 3.96. The number of halogens is 4. The maximum Gasteiger partial charge on any atom is 0.191 e. The fourth-order valence-electron chi connectivity index (χ4n) is 1.59. The molecule has 0 amide bonds. The molecule has 0 aliphatic heterocycles. The van der Waals surface area contributed by atoms with Gasteiger partial charge in [-0.3, -0.25) is 0 Å². The Morgan fingerprint density at radius 3 is 2.26 bits per heavy atom. The van der Waals surface area contributed by atoms with Gasteiger partial charge in [-0.25, -0.2) is 8.78 Å². The molecule has 0 aliphatic rings. The Morgan fingerprint density at radius 2 is 1.68 bits per heavy atom. The van der Waals surface area contributed by atoms with E-state index < -0.39 is 11.6 Å². The molecule has 100 valence electrons. The maximum absolute atomic E-state index is 13.7. The van der Waals surface area contributed by atoms with Gasteiger partial charge in [0.25, 0.3) is 0 Å². The van der Waals surface area contributed by atoms with Crippen LogP contribution in [-0.2, 0) is 11.9 Å². The molecule has 5 heteroatoms. The van der Waals surface area contributed by atoms with Gasteiger partial charge in [0.2, 0.25) is 0 Å². The lowest BCUT2D eigenvalue weighted by molar-refractivity contribution is 0.273. The van der Waals surface area contributed by atoms with Crippen molar-refractivity contribution in [3.63, 3.8) is 0 Å². The summed E-state index contributed by atoms with van der Waals surface area (Å²) < 4.78 is 33.5. The predicted molar refractivity (Wildman–Crippen MR) is 77.5 cm³/mol. The molecule has 0 atom stereocenters. The Hall–Kier alpha value is -0.940. The normalized spacial score (nSPS) is 10.5. The van der Waals surface area contributed by atoms with Crippen LogP contribution in [0.3, 0.4) is 0 Å². The van der Waals surface area contributed by atoms with Gasteiger partial charge in [-0.2, -0.15) is 0 Å². The van der Waals surface area contributed by atoms with Gasteiger partial charge in [0, 0.05) is 15.4 Å². The zero-order valence-corrected chi connectivity index (χ0v) is 13.0. The highest BCUT2D eigenvalue weighted by atomic mass is 79.9. The second-order valence-corrected chi connectivity index (χ2v) is 5.32. The number of alkyl halides is 1. The minimum Gasteiger partial charge on any atom is -0.483 e. The average Bonchev–Trinajstić information content (AvgIpc) is 2.39. The summed E-state index contributed by atoms with van der Waals surface area (Å²) in [5, 5.41) is 0.394. The van der Waals surface area contributed by atoms with Gasteiger partial charge < -0.3 is 4.74 Å². The monoisotopic (exact) mass is 390 g/mol. The first kappa shape index (κ1) is 14.5. The van der Waals surface area contributed by atoms with Crippen LogP contribution in [0.4, 0.5) is 8.78 Å². The summed E-state index contributed by atoms with van der Waals surface area (Å²) in [4.78, 5) is 0. The lowest BCUT2D eigenvalue weighted by atomic mass is 10.2. The van der Waals surface area contributed by atoms with Crippen molar-refractivity contribution in [2.24, 2.45) is 0 Å². The summed E-state index contributed by atoms with van der Waals surface area (Å²) in [7, 11) is 0. The van der Waals surface area contributed by atoms with E-state index in [4.69, 9.17) is 4.74 Å². The molecule has 2 rings (SSSR count). The van der Waals surface area contributed by atoms with E-state index in [0.717, 1.165) is 10.0 Å². The highest BCUT2D eigenvalue weighted by Crippen LogP contribution is 2.26. The molecule has 2 aromatic carbocycles. The number of ether oxygens (including phenoxy) is 1. The van der Waals surface area contributed by atoms with Crippen molar-refractivity contribution in [3.8, 4) is 5.75 Å². The molecule has 0 bridgehead atoms. The Kier molecular flexibility index (Phi) is 4.93. The topological polar surface area (TPSA) is 9.23 Å². The average molecular weight is 392 g/mol. The highest BCUT2D eigenvalue weighted by molar-refractivity contribution is 9.10. The molecule has 0 saturated heterocycles. The quantitative estimate of drug-likeness (QED) is 0.650. The van der Waals surface area contributed by atoms with Crippen LogP contribution in [0.15, 0.2) is 40.9 Å². The standard InChI is InChI=1S/C14H10Br2F2O/c15-7-9-5-12(17)14(13(18)6-9)19-8-10-3-1-2-4-11(10)16/h1-6H,7-8H2. The van der Waals surface area contributed by atoms with Gasteiger partial charge in [-0.05, 0) is 23.8 Å². The number of benzene rings is 2.